The highest BCUT2D eigenvalue weighted by Gasteiger charge is 2.06. The number of hydrogen-bond donors (Lipinski definition) is 1. The Labute approximate surface area is 83.3 Å². The third kappa shape index (κ3) is 2.57. The zero-order valence-electron chi connectivity index (χ0n) is 6.63. The number of halogens is 1. The first kappa shape index (κ1) is 9.67. The Morgan fingerprint density at radius 2 is 2.58 bits per heavy atom. The average molecular weight is 249 g/mol. The van der Waals surface area contributed by atoms with Crippen LogP contribution in [0.1, 0.15) is 14.7 Å². The van der Waals surface area contributed by atoms with E-state index in [1.54, 1.807) is 6.20 Å². The molecule has 1 N–H and O–H groups in total. The fraction of sp³-hybridized carbons (Fsp3) is 0.429. The summed E-state index contributed by atoms with van der Waals surface area (Å²) in [4.78, 5) is 15.9. The minimum absolute atomic E-state index is 0.0416. The van der Waals surface area contributed by atoms with E-state index in [0.717, 1.165) is 10.3 Å². The maximum absolute atomic E-state index is 11.3. The van der Waals surface area contributed by atoms with Gasteiger partial charge in [0, 0.05) is 11.9 Å². The van der Waals surface area contributed by atoms with Crippen LogP contribution in [0.2, 0.25) is 0 Å². The predicted octanol–water partition coefficient (Wildman–Crippen LogP) is 1.58. The van der Waals surface area contributed by atoms with E-state index < -0.39 is 0 Å². The number of aromatic nitrogens is 1. The van der Waals surface area contributed by atoms with Gasteiger partial charge in [-0.2, -0.15) is 0 Å². The Morgan fingerprint density at radius 1 is 1.83 bits per heavy atom. The van der Waals surface area contributed by atoms with Gasteiger partial charge in [0.25, 0.3) is 5.91 Å². The molecule has 0 aliphatic carbocycles. The van der Waals surface area contributed by atoms with Crippen LogP contribution in [-0.2, 0) is 0 Å². The monoisotopic (exact) mass is 248 g/mol. The van der Waals surface area contributed by atoms with Crippen molar-refractivity contribution in [3.05, 3.63) is 16.1 Å². The van der Waals surface area contributed by atoms with Crippen molar-refractivity contribution >= 4 is 33.2 Å². The third-order valence-electron chi connectivity index (χ3n) is 1.23. The molecule has 1 aromatic rings. The molecule has 0 aliphatic heterocycles. The molecule has 0 atom stereocenters. The van der Waals surface area contributed by atoms with Crippen molar-refractivity contribution in [2.75, 3.05) is 11.9 Å². The van der Waals surface area contributed by atoms with Crippen LogP contribution in [0.15, 0.2) is 6.20 Å². The van der Waals surface area contributed by atoms with Gasteiger partial charge in [0.1, 0.15) is 4.88 Å². The van der Waals surface area contributed by atoms with E-state index in [0.29, 0.717) is 11.4 Å². The molecule has 1 heterocycles. The molecular formula is C7H9BrN2OS. The lowest BCUT2D eigenvalue weighted by molar-refractivity contribution is 0.0960. The van der Waals surface area contributed by atoms with Crippen LogP contribution >= 0.6 is 27.3 Å². The van der Waals surface area contributed by atoms with Crippen molar-refractivity contribution in [1.29, 1.82) is 0 Å². The number of carbonyl (C=O) groups excluding carboxylic acids is 1. The highest BCUT2D eigenvalue weighted by atomic mass is 79.9. The lowest BCUT2D eigenvalue weighted by Gasteiger charge is -1.97. The molecule has 1 aromatic heterocycles. The molecule has 0 aliphatic rings. The van der Waals surface area contributed by atoms with Gasteiger partial charge >= 0.3 is 0 Å². The number of amides is 1. The second-order valence-corrected chi connectivity index (χ2v) is 4.22. The highest BCUT2D eigenvalue weighted by molar-refractivity contribution is 9.09. The lowest BCUT2D eigenvalue weighted by Crippen LogP contribution is -2.24. The number of thiazole rings is 1. The number of nitrogens with zero attached hydrogens (tertiary/aromatic N) is 1. The van der Waals surface area contributed by atoms with Gasteiger partial charge in [0.15, 0.2) is 0 Å². The largest absolute Gasteiger partial charge is 0.350 e. The molecule has 0 bridgehead atoms. The van der Waals surface area contributed by atoms with E-state index >= 15 is 0 Å². The van der Waals surface area contributed by atoms with Crippen molar-refractivity contribution in [2.24, 2.45) is 0 Å². The van der Waals surface area contributed by atoms with Crippen LogP contribution < -0.4 is 5.32 Å². The van der Waals surface area contributed by atoms with E-state index in [2.05, 4.69) is 26.2 Å². The molecule has 0 saturated carbocycles. The number of rotatable bonds is 3. The Kier molecular flexibility index (Phi) is 3.68. The van der Waals surface area contributed by atoms with Crippen LogP contribution in [-0.4, -0.2) is 22.8 Å². The first-order chi connectivity index (χ1) is 5.74. The fourth-order valence-electron chi connectivity index (χ4n) is 0.714. The van der Waals surface area contributed by atoms with E-state index in [9.17, 15) is 4.79 Å². The summed E-state index contributed by atoms with van der Waals surface area (Å²) < 4.78 is 0. The maximum Gasteiger partial charge on any atom is 0.263 e. The summed E-state index contributed by atoms with van der Waals surface area (Å²) in [6, 6.07) is 0. The highest BCUT2D eigenvalue weighted by Crippen LogP contribution is 2.10. The molecule has 1 amide bonds. The number of carbonyl (C=O) groups is 1. The number of nitrogens with one attached hydrogen (secondary N) is 1. The molecule has 12 heavy (non-hydrogen) atoms. The molecule has 5 heteroatoms. The third-order valence-corrected chi connectivity index (χ3v) is 2.53. The van der Waals surface area contributed by atoms with Crippen LogP contribution in [0, 0.1) is 6.92 Å². The topological polar surface area (TPSA) is 42.0 Å². The minimum atomic E-state index is -0.0416. The maximum atomic E-state index is 11.3. The lowest BCUT2D eigenvalue weighted by atomic mass is 10.5. The van der Waals surface area contributed by atoms with Gasteiger partial charge in [-0.1, -0.05) is 15.9 Å². The Hall–Kier alpha value is -0.420. The summed E-state index contributed by atoms with van der Waals surface area (Å²) in [5.41, 5.74) is 0. The summed E-state index contributed by atoms with van der Waals surface area (Å²) in [7, 11) is 0. The molecule has 0 fully saturated rings. The summed E-state index contributed by atoms with van der Waals surface area (Å²) in [6.07, 6.45) is 1.60. The van der Waals surface area contributed by atoms with Gasteiger partial charge < -0.3 is 5.32 Å². The van der Waals surface area contributed by atoms with Crippen LogP contribution in [0.5, 0.6) is 0 Å². The predicted molar refractivity (Wildman–Crippen MR) is 53.0 cm³/mol. The van der Waals surface area contributed by atoms with Gasteiger partial charge in [0.2, 0.25) is 0 Å². The van der Waals surface area contributed by atoms with E-state index in [1.807, 2.05) is 6.92 Å². The molecule has 0 aromatic carbocycles. The fourth-order valence-corrected chi connectivity index (χ4v) is 1.61. The first-order valence-electron chi connectivity index (χ1n) is 3.50. The summed E-state index contributed by atoms with van der Waals surface area (Å²) in [5, 5.41) is 4.44. The second kappa shape index (κ2) is 4.57. The molecule has 0 saturated heterocycles. The molecule has 3 nitrogen and oxygen atoms in total. The van der Waals surface area contributed by atoms with Crippen LogP contribution in [0.3, 0.4) is 0 Å². The van der Waals surface area contributed by atoms with Crippen molar-refractivity contribution < 1.29 is 4.79 Å². The smallest absolute Gasteiger partial charge is 0.263 e. The molecule has 66 valence electrons. The Morgan fingerprint density at radius 3 is 3.08 bits per heavy atom. The summed E-state index contributed by atoms with van der Waals surface area (Å²) in [5.74, 6) is -0.0416. The average Bonchev–Trinajstić information content (AvgIpc) is 2.47. The Bertz CT molecular complexity index is 274. The van der Waals surface area contributed by atoms with E-state index in [4.69, 9.17) is 0 Å². The zero-order valence-corrected chi connectivity index (χ0v) is 9.04. The number of aryl methyl sites for hydroxylation is 1. The quantitative estimate of drug-likeness (QED) is 0.826. The van der Waals surface area contributed by atoms with Crippen molar-refractivity contribution in [2.45, 2.75) is 6.92 Å². The van der Waals surface area contributed by atoms with Gasteiger partial charge in [-0.3, -0.25) is 4.79 Å². The standard InChI is InChI=1S/C7H9BrN2OS/c1-5-10-4-6(12-5)7(11)9-3-2-8/h4H,2-3H2,1H3,(H,9,11). The van der Waals surface area contributed by atoms with E-state index in [-0.39, 0.29) is 5.91 Å². The molecule has 1 rings (SSSR count). The van der Waals surface area contributed by atoms with E-state index in [1.165, 1.54) is 11.3 Å². The molecule has 0 radical (unpaired) electrons. The molecule has 0 spiro atoms. The number of hydrogen-bond acceptors (Lipinski definition) is 3. The van der Waals surface area contributed by atoms with Gasteiger partial charge in [0.05, 0.1) is 11.2 Å². The van der Waals surface area contributed by atoms with Crippen molar-refractivity contribution in [3.63, 3.8) is 0 Å². The minimum Gasteiger partial charge on any atom is -0.350 e. The van der Waals surface area contributed by atoms with Gasteiger partial charge in [-0.15, -0.1) is 11.3 Å². The molecule has 0 unspecified atom stereocenters. The van der Waals surface area contributed by atoms with Crippen LogP contribution in [0.4, 0.5) is 0 Å². The summed E-state index contributed by atoms with van der Waals surface area (Å²) >= 11 is 4.64. The Balaban J connectivity index is 2.53. The zero-order chi connectivity index (χ0) is 8.97. The van der Waals surface area contributed by atoms with Gasteiger partial charge in [-0.05, 0) is 6.92 Å². The van der Waals surface area contributed by atoms with Crippen molar-refractivity contribution in [1.82, 2.24) is 10.3 Å². The normalized spacial score (nSPS) is 9.83. The molecular weight excluding hydrogens is 240 g/mol. The van der Waals surface area contributed by atoms with Gasteiger partial charge in [-0.25, -0.2) is 4.98 Å². The summed E-state index contributed by atoms with van der Waals surface area (Å²) in [6.45, 7) is 2.53. The first-order valence-corrected chi connectivity index (χ1v) is 5.44. The number of alkyl halides is 1. The SMILES string of the molecule is Cc1ncc(C(=O)NCCBr)s1. The van der Waals surface area contributed by atoms with Crippen molar-refractivity contribution in [3.8, 4) is 0 Å². The second-order valence-electron chi connectivity index (χ2n) is 2.19. The van der Waals surface area contributed by atoms with Crippen LogP contribution in [0.25, 0.3) is 0 Å².